The molecule has 1 amide bonds. The summed E-state index contributed by atoms with van der Waals surface area (Å²) in [5.74, 6) is 0.759. The molecule has 0 atom stereocenters. The highest BCUT2D eigenvalue weighted by molar-refractivity contribution is 7.80. The highest BCUT2D eigenvalue weighted by atomic mass is 32.1. The van der Waals surface area contributed by atoms with Crippen molar-refractivity contribution in [1.29, 1.82) is 0 Å². The fraction of sp³-hybridized carbons (Fsp3) is 0.200. The molecule has 0 radical (unpaired) electrons. The molecule has 0 spiro atoms. The largest absolute Gasteiger partial charge is 0.389 e. The van der Waals surface area contributed by atoms with Gasteiger partial charge in [0.1, 0.15) is 4.99 Å². The predicted molar refractivity (Wildman–Crippen MR) is 68.0 cm³/mol. The Morgan fingerprint density at radius 3 is 3.06 bits per heavy atom. The third-order valence-corrected chi connectivity index (χ3v) is 2.48. The first-order chi connectivity index (χ1) is 8.08. The molecule has 3 N–H and O–H groups in total. The van der Waals surface area contributed by atoms with Crippen LogP contribution in [0.25, 0.3) is 0 Å². The van der Waals surface area contributed by atoms with Gasteiger partial charge in [-0.15, -0.1) is 0 Å². The van der Waals surface area contributed by atoms with Gasteiger partial charge in [-0.3, -0.25) is 10.1 Å². The molecule has 0 aliphatic carbocycles. The molecule has 17 heavy (non-hydrogen) atoms. The average molecular weight is 249 g/mol. The quantitative estimate of drug-likeness (QED) is 0.707. The number of rotatable bonds is 2. The van der Waals surface area contributed by atoms with Crippen LogP contribution in [0, 0.1) is 0 Å². The van der Waals surface area contributed by atoms with E-state index >= 15 is 0 Å². The first-order valence-corrected chi connectivity index (χ1v) is 5.33. The molecule has 1 aromatic heterocycles. The van der Waals surface area contributed by atoms with Crippen molar-refractivity contribution in [2.24, 2.45) is 10.7 Å². The lowest BCUT2D eigenvalue weighted by molar-refractivity contribution is -0.118. The maximum atomic E-state index is 11.2. The van der Waals surface area contributed by atoms with E-state index in [1.807, 2.05) is 0 Å². The van der Waals surface area contributed by atoms with Gasteiger partial charge in [0.05, 0.1) is 12.1 Å². The summed E-state index contributed by atoms with van der Waals surface area (Å²) in [4.78, 5) is 21.4. The summed E-state index contributed by atoms with van der Waals surface area (Å²) in [5.41, 5.74) is 6.16. The van der Waals surface area contributed by atoms with Crippen molar-refractivity contribution in [3.8, 4) is 0 Å². The van der Waals surface area contributed by atoms with E-state index in [1.54, 1.807) is 30.3 Å². The molecule has 1 fully saturated rings. The van der Waals surface area contributed by atoms with Gasteiger partial charge in [0, 0.05) is 13.2 Å². The van der Waals surface area contributed by atoms with Crippen molar-refractivity contribution in [2.45, 2.75) is 0 Å². The Morgan fingerprint density at radius 2 is 2.47 bits per heavy atom. The lowest BCUT2D eigenvalue weighted by Gasteiger charge is -2.09. The molecule has 1 aromatic rings. The molecule has 0 bridgehead atoms. The fourth-order valence-electron chi connectivity index (χ4n) is 1.44. The summed E-state index contributed by atoms with van der Waals surface area (Å²) in [6, 6.07) is 3.47. The lowest BCUT2D eigenvalue weighted by Crippen LogP contribution is -2.27. The van der Waals surface area contributed by atoms with Crippen LogP contribution in [-0.2, 0) is 4.79 Å². The van der Waals surface area contributed by atoms with Gasteiger partial charge in [0.15, 0.2) is 5.82 Å². The Balaban J connectivity index is 2.39. The van der Waals surface area contributed by atoms with Crippen LogP contribution in [0.2, 0.25) is 0 Å². The number of likely N-dealkylation sites (N-methyl/N-ethyl adjacent to an activating group) is 1. The van der Waals surface area contributed by atoms with Crippen LogP contribution in [0.5, 0.6) is 0 Å². The second-order valence-electron chi connectivity index (χ2n) is 3.58. The summed E-state index contributed by atoms with van der Waals surface area (Å²) in [6.45, 7) is 0.286. The maximum Gasteiger partial charge on any atom is 0.246 e. The predicted octanol–water partition coefficient (Wildman–Crippen LogP) is -0.235. The Labute approximate surface area is 104 Å². The summed E-state index contributed by atoms with van der Waals surface area (Å²) in [6.07, 6.45) is 1.60. The number of aliphatic imine (C=N–C) groups is 1. The van der Waals surface area contributed by atoms with E-state index < -0.39 is 0 Å². The number of amides is 1. The first-order valence-electron chi connectivity index (χ1n) is 4.92. The summed E-state index contributed by atoms with van der Waals surface area (Å²) in [5, 5.41) is 2.63. The Kier molecular flexibility index (Phi) is 3.01. The number of pyridine rings is 1. The van der Waals surface area contributed by atoms with Gasteiger partial charge in [-0.05, 0) is 12.1 Å². The number of nitrogens with zero attached hydrogens (tertiary/aromatic N) is 3. The van der Waals surface area contributed by atoms with E-state index in [1.165, 1.54) is 0 Å². The molecule has 0 saturated carbocycles. The van der Waals surface area contributed by atoms with Crippen LogP contribution in [0.4, 0.5) is 5.82 Å². The molecule has 7 heteroatoms. The lowest BCUT2D eigenvalue weighted by atomic mass is 10.2. The van der Waals surface area contributed by atoms with Gasteiger partial charge in [0.2, 0.25) is 11.9 Å². The third kappa shape index (κ3) is 2.39. The smallest absolute Gasteiger partial charge is 0.246 e. The van der Waals surface area contributed by atoms with Gasteiger partial charge in [-0.1, -0.05) is 12.2 Å². The van der Waals surface area contributed by atoms with Crippen molar-refractivity contribution in [3.05, 3.63) is 23.9 Å². The highest BCUT2D eigenvalue weighted by Crippen LogP contribution is 2.15. The minimum atomic E-state index is -0.0981. The van der Waals surface area contributed by atoms with Crippen molar-refractivity contribution >= 4 is 34.9 Å². The summed E-state index contributed by atoms with van der Waals surface area (Å²) >= 11 is 4.91. The Bertz CT molecular complexity index is 513. The Hall–Kier alpha value is -2.02. The molecule has 0 unspecified atom stereocenters. The van der Waals surface area contributed by atoms with E-state index in [9.17, 15) is 4.79 Å². The van der Waals surface area contributed by atoms with Crippen molar-refractivity contribution in [2.75, 3.05) is 13.6 Å². The van der Waals surface area contributed by atoms with Gasteiger partial charge in [0.25, 0.3) is 0 Å². The van der Waals surface area contributed by atoms with E-state index in [-0.39, 0.29) is 17.4 Å². The van der Waals surface area contributed by atoms with Gasteiger partial charge in [-0.2, -0.15) is 4.99 Å². The van der Waals surface area contributed by atoms with Crippen LogP contribution in [0.15, 0.2) is 23.3 Å². The van der Waals surface area contributed by atoms with Crippen molar-refractivity contribution in [3.63, 3.8) is 0 Å². The standard InChI is InChI=1S/C10H11N5OS/c1-15-5-7(16)13-10(15)14-9-6(8(11)17)3-2-4-12-9/h2-4H,5H2,1H3,(H2,11,17)(H,12,13,14,16). The van der Waals surface area contributed by atoms with Crippen LogP contribution >= 0.6 is 12.2 Å². The Morgan fingerprint density at radius 1 is 1.71 bits per heavy atom. The van der Waals surface area contributed by atoms with Gasteiger partial charge in [-0.25, -0.2) is 4.98 Å². The average Bonchev–Trinajstić information content (AvgIpc) is 2.58. The van der Waals surface area contributed by atoms with E-state index in [0.717, 1.165) is 0 Å². The fourth-order valence-corrected chi connectivity index (χ4v) is 1.60. The molecule has 6 nitrogen and oxygen atoms in total. The van der Waals surface area contributed by atoms with Gasteiger partial charge < -0.3 is 10.6 Å². The molecule has 0 aromatic carbocycles. The SMILES string of the molecule is CN1CC(=O)N/C1=N\c1ncccc1C(N)=S. The number of carbonyl (C=O) groups excluding carboxylic acids is 1. The molecule has 1 aliphatic rings. The second kappa shape index (κ2) is 4.46. The number of aromatic nitrogens is 1. The molecule has 2 rings (SSSR count). The zero-order valence-corrected chi connectivity index (χ0v) is 9.99. The van der Waals surface area contributed by atoms with Crippen LogP contribution in [0.1, 0.15) is 5.56 Å². The molecule has 88 valence electrons. The number of hydrogen-bond acceptors (Lipinski definition) is 4. The number of thiocarbonyl (C=S) groups is 1. The van der Waals surface area contributed by atoms with E-state index in [0.29, 0.717) is 17.3 Å². The molecular formula is C10H11N5OS. The first kappa shape index (κ1) is 11.5. The second-order valence-corrected chi connectivity index (χ2v) is 4.02. The molecule has 1 aliphatic heterocycles. The zero-order chi connectivity index (χ0) is 12.4. The number of carbonyl (C=O) groups is 1. The van der Waals surface area contributed by atoms with Gasteiger partial charge >= 0.3 is 0 Å². The number of nitrogens with two attached hydrogens (primary N) is 1. The summed E-state index contributed by atoms with van der Waals surface area (Å²) < 4.78 is 0. The number of nitrogens with one attached hydrogen (secondary N) is 1. The van der Waals surface area contributed by atoms with Crippen LogP contribution < -0.4 is 11.1 Å². The number of hydrogen-bond donors (Lipinski definition) is 2. The molecular weight excluding hydrogens is 238 g/mol. The van der Waals surface area contributed by atoms with Crippen LogP contribution in [-0.4, -0.2) is 40.3 Å². The topological polar surface area (TPSA) is 83.6 Å². The monoisotopic (exact) mass is 249 g/mol. The van der Waals surface area contributed by atoms with E-state index in [2.05, 4.69) is 15.3 Å². The van der Waals surface area contributed by atoms with Crippen LogP contribution in [0.3, 0.4) is 0 Å². The molecule has 2 heterocycles. The minimum Gasteiger partial charge on any atom is -0.389 e. The van der Waals surface area contributed by atoms with E-state index in [4.69, 9.17) is 18.0 Å². The number of guanidine groups is 1. The van der Waals surface area contributed by atoms with Crippen molar-refractivity contribution in [1.82, 2.24) is 15.2 Å². The molecule has 1 saturated heterocycles. The third-order valence-electron chi connectivity index (χ3n) is 2.26. The normalized spacial score (nSPS) is 17.4. The highest BCUT2D eigenvalue weighted by Gasteiger charge is 2.21. The van der Waals surface area contributed by atoms with Crippen molar-refractivity contribution < 1.29 is 4.79 Å². The summed E-state index contributed by atoms with van der Waals surface area (Å²) in [7, 11) is 1.76. The zero-order valence-electron chi connectivity index (χ0n) is 9.17. The minimum absolute atomic E-state index is 0.0981. The maximum absolute atomic E-state index is 11.2.